The number of nitrogens with zero attached hydrogens (tertiary/aromatic N) is 2. The zero-order valence-corrected chi connectivity index (χ0v) is 8.13. The summed E-state index contributed by atoms with van der Waals surface area (Å²) in [5.74, 6) is 0.779. The lowest BCUT2D eigenvalue weighted by atomic mass is 10.3. The molecule has 0 unspecified atom stereocenters. The molecule has 2 N–H and O–H groups in total. The van der Waals surface area contributed by atoms with Crippen molar-refractivity contribution in [2.45, 2.75) is 32.9 Å². The summed E-state index contributed by atoms with van der Waals surface area (Å²) in [6.45, 7) is 3.48. The second-order valence-electron chi connectivity index (χ2n) is 2.98. The minimum Gasteiger partial charge on any atom is -0.313 e. The van der Waals surface area contributed by atoms with Crippen molar-refractivity contribution in [1.82, 2.24) is 20.1 Å². The zero-order valence-electron chi connectivity index (χ0n) is 8.13. The Bertz CT molecular complexity index is 301. The van der Waals surface area contributed by atoms with E-state index in [-0.39, 0.29) is 5.69 Å². The average Bonchev–Trinajstić information content (AvgIpc) is 2.45. The molecule has 5 nitrogen and oxygen atoms in total. The Hall–Kier alpha value is -1.10. The summed E-state index contributed by atoms with van der Waals surface area (Å²) in [5.41, 5.74) is -0.112. The molecule has 0 aliphatic rings. The van der Waals surface area contributed by atoms with Crippen LogP contribution in [0.1, 0.15) is 25.6 Å². The summed E-state index contributed by atoms with van der Waals surface area (Å²) in [7, 11) is 1.84. The van der Waals surface area contributed by atoms with Crippen LogP contribution < -0.4 is 11.0 Å². The SMILES string of the molecule is CCCCn1c(CNC)n[nH]c1=O. The first-order chi connectivity index (χ1) is 6.29. The molecule has 1 rings (SSSR count). The van der Waals surface area contributed by atoms with Crippen LogP contribution in [0.4, 0.5) is 0 Å². The fraction of sp³-hybridized carbons (Fsp3) is 0.750. The van der Waals surface area contributed by atoms with Crippen molar-refractivity contribution in [2.24, 2.45) is 0 Å². The summed E-state index contributed by atoms with van der Waals surface area (Å²) < 4.78 is 1.68. The molecule has 74 valence electrons. The number of rotatable bonds is 5. The van der Waals surface area contributed by atoms with Crippen LogP contribution in [0.15, 0.2) is 4.79 Å². The molecule has 0 aliphatic carbocycles. The third-order valence-electron chi connectivity index (χ3n) is 1.91. The first-order valence-electron chi connectivity index (χ1n) is 4.58. The van der Waals surface area contributed by atoms with Gasteiger partial charge in [0, 0.05) is 6.54 Å². The molecule has 1 aromatic rings. The highest BCUT2D eigenvalue weighted by molar-refractivity contribution is 4.85. The smallest absolute Gasteiger partial charge is 0.313 e. The maximum atomic E-state index is 11.2. The molecule has 0 amide bonds. The highest BCUT2D eigenvalue weighted by Gasteiger charge is 2.05. The summed E-state index contributed by atoms with van der Waals surface area (Å²) in [5, 5.41) is 9.34. The van der Waals surface area contributed by atoms with Gasteiger partial charge in [0.25, 0.3) is 0 Å². The molecule has 0 saturated carbocycles. The summed E-state index contributed by atoms with van der Waals surface area (Å²) in [4.78, 5) is 11.2. The number of hydrogen-bond donors (Lipinski definition) is 2. The predicted molar refractivity (Wildman–Crippen MR) is 50.5 cm³/mol. The van der Waals surface area contributed by atoms with E-state index >= 15 is 0 Å². The van der Waals surface area contributed by atoms with Gasteiger partial charge in [-0.05, 0) is 13.5 Å². The Morgan fingerprint density at radius 3 is 3.00 bits per heavy atom. The molecule has 5 heteroatoms. The van der Waals surface area contributed by atoms with Crippen molar-refractivity contribution in [3.63, 3.8) is 0 Å². The number of hydrogen-bond acceptors (Lipinski definition) is 3. The summed E-state index contributed by atoms with van der Waals surface area (Å²) in [6.07, 6.45) is 2.09. The Kier molecular flexibility index (Phi) is 3.70. The molecule has 0 aliphatic heterocycles. The Morgan fingerprint density at radius 2 is 2.38 bits per heavy atom. The molecular weight excluding hydrogens is 168 g/mol. The van der Waals surface area contributed by atoms with Crippen molar-refractivity contribution in [1.29, 1.82) is 0 Å². The van der Waals surface area contributed by atoms with E-state index < -0.39 is 0 Å². The molecule has 0 spiro atoms. The molecular formula is C8H16N4O. The lowest BCUT2D eigenvalue weighted by molar-refractivity contribution is 0.575. The minimum absolute atomic E-state index is 0.112. The highest BCUT2D eigenvalue weighted by Crippen LogP contribution is 1.95. The minimum atomic E-state index is -0.112. The van der Waals surface area contributed by atoms with Gasteiger partial charge < -0.3 is 5.32 Å². The van der Waals surface area contributed by atoms with E-state index in [9.17, 15) is 4.79 Å². The van der Waals surface area contributed by atoms with Gasteiger partial charge >= 0.3 is 5.69 Å². The third kappa shape index (κ3) is 2.42. The van der Waals surface area contributed by atoms with E-state index in [1.165, 1.54) is 0 Å². The third-order valence-corrected chi connectivity index (χ3v) is 1.91. The lowest BCUT2D eigenvalue weighted by Crippen LogP contribution is -2.21. The standard InChI is InChI=1S/C8H16N4O/c1-3-4-5-12-7(6-9-2)10-11-8(12)13/h9H,3-6H2,1-2H3,(H,11,13). The van der Waals surface area contributed by atoms with Crippen LogP contribution in [0.5, 0.6) is 0 Å². The first kappa shape index (κ1) is 9.98. The van der Waals surface area contributed by atoms with Crippen LogP contribution in [0.25, 0.3) is 0 Å². The number of H-pyrrole nitrogens is 1. The van der Waals surface area contributed by atoms with Crippen LogP contribution in [0.3, 0.4) is 0 Å². The zero-order chi connectivity index (χ0) is 9.68. The number of aromatic nitrogens is 3. The van der Waals surface area contributed by atoms with Crippen molar-refractivity contribution in [3.05, 3.63) is 16.3 Å². The predicted octanol–water partition coefficient (Wildman–Crippen LogP) is 0.0909. The monoisotopic (exact) mass is 184 g/mol. The van der Waals surface area contributed by atoms with Gasteiger partial charge in [0.15, 0.2) is 0 Å². The summed E-state index contributed by atoms with van der Waals surface area (Å²) >= 11 is 0. The van der Waals surface area contributed by atoms with Crippen LogP contribution in [-0.4, -0.2) is 21.8 Å². The quantitative estimate of drug-likeness (QED) is 0.681. The average molecular weight is 184 g/mol. The maximum Gasteiger partial charge on any atom is 0.343 e. The maximum absolute atomic E-state index is 11.2. The molecule has 1 aromatic heterocycles. The van der Waals surface area contributed by atoms with Crippen molar-refractivity contribution < 1.29 is 0 Å². The van der Waals surface area contributed by atoms with Crippen molar-refractivity contribution in [2.75, 3.05) is 7.05 Å². The van der Waals surface area contributed by atoms with Crippen LogP contribution in [0.2, 0.25) is 0 Å². The fourth-order valence-electron chi connectivity index (χ4n) is 1.19. The van der Waals surface area contributed by atoms with Gasteiger partial charge in [-0.25, -0.2) is 9.89 Å². The molecule has 13 heavy (non-hydrogen) atoms. The van der Waals surface area contributed by atoms with E-state index in [4.69, 9.17) is 0 Å². The van der Waals surface area contributed by atoms with E-state index in [0.29, 0.717) is 6.54 Å². The molecule has 0 saturated heterocycles. The molecule has 0 atom stereocenters. The highest BCUT2D eigenvalue weighted by atomic mass is 16.1. The molecule has 0 radical (unpaired) electrons. The number of aromatic amines is 1. The van der Waals surface area contributed by atoms with Gasteiger partial charge in [-0.3, -0.25) is 4.57 Å². The Balaban J connectivity index is 2.75. The van der Waals surface area contributed by atoms with Crippen molar-refractivity contribution in [3.8, 4) is 0 Å². The Morgan fingerprint density at radius 1 is 1.62 bits per heavy atom. The second kappa shape index (κ2) is 4.81. The number of unbranched alkanes of at least 4 members (excludes halogenated alkanes) is 1. The topological polar surface area (TPSA) is 62.7 Å². The van der Waals surface area contributed by atoms with Gasteiger partial charge in [0.1, 0.15) is 5.82 Å². The van der Waals surface area contributed by atoms with E-state index in [1.54, 1.807) is 4.57 Å². The molecule has 0 bridgehead atoms. The Labute approximate surface area is 77.2 Å². The van der Waals surface area contributed by atoms with Gasteiger partial charge in [-0.2, -0.15) is 5.10 Å². The largest absolute Gasteiger partial charge is 0.343 e. The first-order valence-corrected chi connectivity index (χ1v) is 4.58. The van der Waals surface area contributed by atoms with E-state index in [1.807, 2.05) is 7.05 Å². The fourth-order valence-corrected chi connectivity index (χ4v) is 1.19. The lowest BCUT2D eigenvalue weighted by Gasteiger charge is -2.02. The molecule has 0 fully saturated rings. The van der Waals surface area contributed by atoms with Crippen LogP contribution in [-0.2, 0) is 13.1 Å². The molecule has 0 aromatic carbocycles. The second-order valence-corrected chi connectivity index (χ2v) is 2.98. The summed E-state index contributed by atoms with van der Waals surface area (Å²) in [6, 6.07) is 0. The van der Waals surface area contributed by atoms with Crippen LogP contribution in [0, 0.1) is 0 Å². The van der Waals surface area contributed by atoms with E-state index in [2.05, 4.69) is 22.4 Å². The number of nitrogens with one attached hydrogen (secondary N) is 2. The van der Waals surface area contributed by atoms with Gasteiger partial charge in [0.05, 0.1) is 6.54 Å². The van der Waals surface area contributed by atoms with E-state index in [0.717, 1.165) is 25.2 Å². The van der Waals surface area contributed by atoms with Gasteiger partial charge in [-0.15, -0.1) is 0 Å². The van der Waals surface area contributed by atoms with Gasteiger partial charge in [-0.1, -0.05) is 13.3 Å². The van der Waals surface area contributed by atoms with Crippen LogP contribution >= 0.6 is 0 Å². The van der Waals surface area contributed by atoms with Crippen molar-refractivity contribution >= 4 is 0 Å². The normalized spacial score (nSPS) is 10.6. The molecule has 1 heterocycles. The van der Waals surface area contributed by atoms with Gasteiger partial charge in [0.2, 0.25) is 0 Å².